The molecule has 1 saturated carbocycles. The number of amides is 1. The second-order valence-corrected chi connectivity index (χ2v) is 8.22. The van der Waals surface area contributed by atoms with E-state index in [1.54, 1.807) is 18.0 Å². The third kappa shape index (κ3) is 4.90. The maximum Gasteiger partial charge on any atom is 0.331 e. The zero-order valence-electron chi connectivity index (χ0n) is 16.9. The number of thioether (sulfide) groups is 1. The number of esters is 1. The Labute approximate surface area is 174 Å². The molecule has 8 nitrogen and oxygen atoms in total. The summed E-state index contributed by atoms with van der Waals surface area (Å²) >= 11 is 1.27. The molecule has 2 aromatic rings. The Bertz CT molecular complexity index is 844. The molecule has 1 N–H and O–H groups in total. The highest BCUT2D eigenvalue weighted by Gasteiger charge is 2.43. The number of nitrogens with zero attached hydrogens (tertiary/aromatic N) is 3. The molecule has 0 atom stereocenters. The fraction of sp³-hybridized carbons (Fsp3) is 0.500. The van der Waals surface area contributed by atoms with Crippen molar-refractivity contribution >= 4 is 23.6 Å². The number of nitrogens with one attached hydrogen (secondary N) is 1. The van der Waals surface area contributed by atoms with Gasteiger partial charge in [0.2, 0.25) is 5.91 Å². The Morgan fingerprint density at radius 2 is 1.93 bits per heavy atom. The van der Waals surface area contributed by atoms with Crippen LogP contribution in [0.1, 0.15) is 32.6 Å². The van der Waals surface area contributed by atoms with Crippen molar-refractivity contribution in [1.82, 2.24) is 20.1 Å². The zero-order valence-corrected chi connectivity index (χ0v) is 17.7. The molecule has 0 saturated heterocycles. The molecular formula is C20H26N4O4S. The van der Waals surface area contributed by atoms with Crippen LogP contribution in [0.15, 0.2) is 35.7 Å². The lowest BCUT2D eigenvalue weighted by Crippen LogP contribution is -2.57. The third-order valence-electron chi connectivity index (χ3n) is 5.28. The lowest BCUT2D eigenvalue weighted by atomic mass is 9.77. The van der Waals surface area contributed by atoms with Crippen LogP contribution >= 0.6 is 11.8 Å². The van der Waals surface area contributed by atoms with Gasteiger partial charge in [0.15, 0.2) is 5.16 Å². The number of ether oxygens (including phenoxy) is 2. The monoisotopic (exact) mass is 418 g/mol. The number of methoxy groups -OCH3 is 2. The molecule has 1 amide bonds. The normalized spacial score (nSPS) is 21.4. The van der Waals surface area contributed by atoms with E-state index in [-0.39, 0.29) is 17.6 Å². The van der Waals surface area contributed by atoms with Crippen LogP contribution in [0.5, 0.6) is 5.75 Å². The second kappa shape index (κ2) is 9.30. The number of carbonyl (C=O) groups is 2. The molecule has 0 aliphatic heterocycles. The first kappa shape index (κ1) is 21.2. The van der Waals surface area contributed by atoms with Crippen LogP contribution in [0.3, 0.4) is 0 Å². The second-order valence-electron chi connectivity index (χ2n) is 7.27. The van der Waals surface area contributed by atoms with E-state index in [2.05, 4.69) is 22.4 Å². The first-order valence-electron chi connectivity index (χ1n) is 9.54. The number of benzene rings is 1. The van der Waals surface area contributed by atoms with E-state index in [1.165, 1.54) is 18.9 Å². The van der Waals surface area contributed by atoms with Gasteiger partial charge in [0.25, 0.3) is 0 Å². The van der Waals surface area contributed by atoms with Crippen molar-refractivity contribution in [2.75, 3.05) is 20.0 Å². The summed E-state index contributed by atoms with van der Waals surface area (Å²) in [5.41, 5.74) is -0.0613. The van der Waals surface area contributed by atoms with Gasteiger partial charge in [-0.15, -0.1) is 10.2 Å². The summed E-state index contributed by atoms with van der Waals surface area (Å²) < 4.78 is 12.0. The number of hydrogen-bond acceptors (Lipinski definition) is 7. The van der Waals surface area contributed by atoms with Gasteiger partial charge in [-0.3, -0.25) is 9.36 Å². The molecule has 1 aliphatic rings. The summed E-state index contributed by atoms with van der Waals surface area (Å²) in [6.07, 6.45) is 4.56. The summed E-state index contributed by atoms with van der Waals surface area (Å²) in [5, 5.41) is 11.6. The number of hydrogen-bond donors (Lipinski definition) is 1. The van der Waals surface area contributed by atoms with Crippen LogP contribution < -0.4 is 10.1 Å². The minimum absolute atomic E-state index is 0.128. The molecule has 1 fully saturated rings. The Morgan fingerprint density at radius 3 is 2.55 bits per heavy atom. The number of rotatable bonds is 7. The van der Waals surface area contributed by atoms with Crippen molar-refractivity contribution in [3.63, 3.8) is 0 Å². The Balaban J connectivity index is 1.65. The molecular weight excluding hydrogens is 392 g/mol. The van der Waals surface area contributed by atoms with Crippen LogP contribution in [0.25, 0.3) is 5.69 Å². The standard InChI is InChI=1S/C20H26N4O4S/c1-14-8-10-20(11-9-14,18(26)28-3)22-17(25)12-29-19-23-21-13-24(19)15-4-6-16(27-2)7-5-15/h4-7,13-14H,8-12H2,1-3H3,(H,22,25). The minimum atomic E-state index is -0.928. The topological polar surface area (TPSA) is 95.3 Å². The Kier molecular flexibility index (Phi) is 6.79. The van der Waals surface area contributed by atoms with Crippen LogP contribution in [-0.4, -0.2) is 52.2 Å². The average molecular weight is 419 g/mol. The van der Waals surface area contributed by atoms with E-state index in [0.29, 0.717) is 23.9 Å². The van der Waals surface area contributed by atoms with Gasteiger partial charge < -0.3 is 14.8 Å². The maximum absolute atomic E-state index is 12.6. The third-order valence-corrected chi connectivity index (χ3v) is 6.23. The molecule has 0 bridgehead atoms. The summed E-state index contributed by atoms with van der Waals surface area (Å²) in [6.45, 7) is 2.16. The quantitative estimate of drug-likeness (QED) is 0.545. The van der Waals surface area contributed by atoms with Crippen LogP contribution in [0.4, 0.5) is 0 Å². The zero-order chi connectivity index (χ0) is 20.9. The molecule has 3 rings (SSSR count). The maximum atomic E-state index is 12.6. The molecule has 1 heterocycles. The molecule has 1 aliphatic carbocycles. The average Bonchev–Trinajstić information content (AvgIpc) is 3.22. The number of carbonyl (C=O) groups excluding carboxylic acids is 2. The van der Waals surface area contributed by atoms with Crippen LogP contribution in [-0.2, 0) is 14.3 Å². The summed E-state index contributed by atoms with van der Waals surface area (Å²) in [4.78, 5) is 25.0. The van der Waals surface area contributed by atoms with Crippen molar-refractivity contribution in [3.8, 4) is 11.4 Å². The molecule has 9 heteroatoms. The summed E-state index contributed by atoms with van der Waals surface area (Å²) in [6, 6.07) is 7.48. The fourth-order valence-corrected chi connectivity index (χ4v) is 4.24. The van der Waals surface area contributed by atoms with E-state index in [1.807, 2.05) is 24.3 Å². The van der Waals surface area contributed by atoms with Crippen molar-refractivity contribution in [2.24, 2.45) is 5.92 Å². The summed E-state index contributed by atoms with van der Waals surface area (Å²) in [5.74, 6) is 0.833. The van der Waals surface area contributed by atoms with Crippen LogP contribution in [0, 0.1) is 5.92 Å². The van der Waals surface area contributed by atoms with Crippen LogP contribution in [0.2, 0.25) is 0 Å². The van der Waals surface area contributed by atoms with Gasteiger partial charge in [0, 0.05) is 5.69 Å². The molecule has 0 spiro atoms. The molecule has 0 unspecified atom stereocenters. The predicted molar refractivity (Wildman–Crippen MR) is 109 cm³/mol. The van der Waals surface area contributed by atoms with Crippen molar-refractivity contribution in [3.05, 3.63) is 30.6 Å². The highest BCUT2D eigenvalue weighted by atomic mass is 32.2. The highest BCUT2D eigenvalue weighted by molar-refractivity contribution is 7.99. The van der Waals surface area contributed by atoms with E-state index in [4.69, 9.17) is 9.47 Å². The van der Waals surface area contributed by atoms with Gasteiger partial charge in [-0.05, 0) is 55.9 Å². The van der Waals surface area contributed by atoms with Gasteiger partial charge in [-0.25, -0.2) is 4.79 Å². The molecule has 0 radical (unpaired) electrons. The minimum Gasteiger partial charge on any atom is -0.497 e. The SMILES string of the molecule is COC(=O)C1(NC(=O)CSc2nncn2-c2ccc(OC)cc2)CCC(C)CC1. The Hall–Kier alpha value is -2.55. The predicted octanol–water partition coefficient (Wildman–Crippen LogP) is 2.61. The van der Waals surface area contributed by atoms with E-state index in [9.17, 15) is 9.59 Å². The van der Waals surface area contributed by atoms with Crippen molar-refractivity contribution in [1.29, 1.82) is 0 Å². The van der Waals surface area contributed by atoms with Gasteiger partial charge >= 0.3 is 5.97 Å². The van der Waals surface area contributed by atoms with E-state index < -0.39 is 5.54 Å². The molecule has 1 aromatic heterocycles. The largest absolute Gasteiger partial charge is 0.497 e. The molecule has 1 aromatic carbocycles. The van der Waals surface area contributed by atoms with Crippen molar-refractivity contribution in [2.45, 2.75) is 43.3 Å². The highest BCUT2D eigenvalue weighted by Crippen LogP contribution is 2.33. The fourth-order valence-electron chi connectivity index (χ4n) is 3.51. The summed E-state index contributed by atoms with van der Waals surface area (Å²) in [7, 11) is 2.97. The van der Waals surface area contributed by atoms with E-state index >= 15 is 0 Å². The smallest absolute Gasteiger partial charge is 0.331 e. The lowest BCUT2D eigenvalue weighted by Gasteiger charge is -2.37. The van der Waals surface area contributed by atoms with Crippen molar-refractivity contribution < 1.29 is 19.1 Å². The van der Waals surface area contributed by atoms with Gasteiger partial charge in [0.1, 0.15) is 17.6 Å². The number of aromatic nitrogens is 3. The lowest BCUT2D eigenvalue weighted by molar-refractivity contribution is -0.152. The van der Waals surface area contributed by atoms with Gasteiger partial charge in [-0.2, -0.15) is 0 Å². The first-order chi connectivity index (χ1) is 14.0. The Morgan fingerprint density at radius 1 is 1.24 bits per heavy atom. The first-order valence-corrected chi connectivity index (χ1v) is 10.5. The van der Waals surface area contributed by atoms with E-state index in [0.717, 1.165) is 24.3 Å². The van der Waals surface area contributed by atoms with Gasteiger partial charge in [-0.1, -0.05) is 18.7 Å². The van der Waals surface area contributed by atoms with Gasteiger partial charge in [0.05, 0.1) is 20.0 Å². The molecule has 156 valence electrons. The molecule has 29 heavy (non-hydrogen) atoms.